The lowest BCUT2D eigenvalue weighted by Crippen LogP contribution is -1.99. The van der Waals surface area contributed by atoms with Crippen molar-refractivity contribution in [3.63, 3.8) is 0 Å². The zero-order chi connectivity index (χ0) is 24.7. The monoisotopic (exact) mass is 477 g/mol. The number of aliphatic hydroxyl groups is 1. The van der Waals surface area contributed by atoms with Gasteiger partial charge in [-0.1, -0.05) is 91.9 Å². The molecule has 0 amide bonds. The summed E-state index contributed by atoms with van der Waals surface area (Å²) < 4.78 is 8.71. The molecule has 4 aromatic carbocycles. The number of para-hydroxylation sites is 2. The Morgan fingerprint density at radius 3 is 2.14 bits per heavy atom. The van der Waals surface area contributed by atoms with Gasteiger partial charge in [-0.2, -0.15) is 0 Å². The third-order valence-electron chi connectivity index (χ3n) is 6.98. The lowest BCUT2D eigenvalue weighted by molar-refractivity contribution is 0.280. The molecule has 3 nitrogen and oxygen atoms in total. The number of aliphatic hydroxyl groups excluding tert-OH is 1. The number of ether oxygens (including phenoxy) is 1. The number of unbranched alkanes of at least 4 members (excludes halogenated alkanes) is 5. The Hall–Kier alpha value is -3.56. The molecule has 0 aliphatic rings. The molecule has 0 atom stereocenters. The molecule has 3 heteroatoms. The van der Waals surface area contributed by atoms with Crippen LogP contribution in [0.5, 0.6) is 5.75 Å². The molecule has 1 aromatic heterocycles. The average Bonchev–Trinajstić information content (AvgIpc) is 3.26. The number of benzene rings is 4. The minimum absolute atomic E-state index is 0.302. The highest BCUT2D eigenvalue weighted by Crippen LogP contribution is 2.41. The maximum absolute atomic E-state index is 8.93. The summed E-state index contributed by atoms with van der Waals surface area (Å²) in [7, 11) is 0. The topological polar surface area (TPSA) is 34.4 Å². The fraction of sp³-hybridized carbons (Fsp3) is 0.273. The maximum Gasteiger partial charge on any atom is 0.127 e. The zero-order valence-electron chi connectivity index (χ0n) is 21.1. The van der Waals surface area contributed by atoms with E-state index in [0.717, 1.165) is 43.6 Å². The standard InChI is InChI=1S/C33H35NO2/c1-25-19-21-26(22-20-25)34-30-16-8-6-14-29(30)33-28(15-12-17-31(33)34)27-13-7-9-18-32(27)36-24-11-5-3-2-4-10-23-35/h6-9,12-22,35H,2-5,10-11,23-24H2,1H3. The summed E-state index contributed by atoms with van der Waals surface area (Å²) in [5.74, 6) is 0.942. The smallest absolute Gasteiger partial charge is 0.127 e. The average molecular weight is 478 g/mol. The Kier molecular flexibility index (Phi) is 7.68. The number of aromatic nitrogens is 1. The van der Waals surface area contributed by atoms with Gasteiger partial charge in [0, 0.05) is 28.6 Å². The van der Waals surface area contributed by atoms with E-state index in [1.165, 1.54) is 51.5 Å². The second-order valence-electron chi connectivity index (χ2n) is 9.58. The molecule has 0 bridgehead atoms. The summed E-state index contributed by atoms with van der Waals surface area (Å²) in [5, 5.41) is 11.4. The van der Waals surface area contributed by atoms with Gasteiger partial charge in [-0.15, -0.1) is 0 Å². The Morgan fingerprint density at radius 2 is 1.31 bits per heavy atom. The van der Waals surface area contributed by atoms with Gasteiger partial charge in [-0.05, 0) is 55.7 Å². The van der Waals surface area contributed by atoms with Crippen LogP contribution < -0.4 is 4.74 Å². The summed E-state index contributed by atoms with van der Waals surface area (Å²) in [4.78, 5) is 0. The summed E-state index contributed by atoms with van der Waals surface area (Å²) in [6, 6.07) is 32.5. The zero-order valence-corrected chi connectivity index (χ0v) is 21.1. The molecular formula is C33H35NO2. The van der Waals surface area contributed by atoms with Crippen LogP contribution in [-0.4, -0.2) is 22.9 Å². The molecule has 1 N–H and O–H groups in total. The largest absolute Gasteiger partial charge is 0.493 e. The lowest BCUT2D eigenvalue weighted by atomic mass is 9.98. The Labute approximate surface area is 214 Å². The number of fused-ring (bicyclic) bond motifs is 3. The Balaban J connectivity index is 1.49. The van der Waals surface area contributed by atoms with Crippen molar-refractivity contribution >= 4 is 21.8 Å². The second-order valence-corrected chi connectivity index (χ2v) is 9.58. The van der Waals surface area contributed by atoms with Gasteiger partial charge >= 0.3 is 0 Å². The van der Waals surface area contributed by atoms with E-state index >= 15 is 0 Å². The van der Waals surface area contributed by atoms with Crippen LogP contribution in [0, 0.1) is 6.92 Å². The van der Waals surface area contributed by atoms with Crippen LogP contribution in [0.2, 0.25) is 0 Å². The molecule has 0 spiro atoms. The van der Waals surface area contributed by atoms with E-state index in [4.69, 9.17) is 9.84 Å². The molecule has 0 aliphatic heterocycles. The molecule has 0 fully saturated rings. The molecule has 0 unspecified atom stereocenters. The fourth-order valence-corrected chi connectivity index (χ4v) is 5.13. The van der Waals surface area contributed by atoms with E-state index in [9.17, 15) is 0 Å². The minimum Gasteiger partial charge on any atom is -0.493 e. The number of nitrogens with zero attached hydrogens (tertiary/aromatic N) is 1. The Bertz CT molecular complexity index is 1430. The van der Waals surface area contributed by atoms with Crippen molar-refractivity contribution in [1.82, 2.24) is 4.57 Å². The van der Waals surface area contributed by atoms with Crippen LogP contribution in [0.4, 0.5) is 0 Å². The van der Waals surface area contributed by atoms with Crippen molar-refractivity contribution < 1.29 is 9.84 Å². The van der Waals surface area contributed by atoms with Crippen molar-refractivity contribution in [2.24, 2.45) is 0 Å². The fourth-order valence-electron chi connectivity index (χ4n) is 5.13. The SMILES string of the molecule is Cc1ccc(-n2c3ccccc3c3c(-c4ccccc4OCCCCCCCCO)cccc32)cc1. The molecule has 5 rings (SSSR count). The molecule has 0 radical (unpaired) electrons. The van der Waals surface area contributed by atoms with E-state index in [1.807, 2.05) is 0 Å². The molecule has 184 valence electrons. The first-order valence-electron chi connectivity index (χ1n) is 13.2. The summed E-state index contributed by atoms with van der Waals surface area (Å²) in [6.45, 7) is 3.15. The molecular weight excluding hydrogens is 442 g/mol. The number of rotatable bonds is 11. The molecule has 0 saturated heterocycles. The summed E-state index contributed by atoms with van der Waals surface area (Å²) >= 11 is 0. The first-order chi connectivity index (χ1) is 17.8. The van der Waals surface area contributed by atoms with Gasteiger partial charge in [-0.3, -0.25) is 0 Å². The van der Waals surface area contributed by atoms with Crippen LogP contribution in [-0.2, 0) is 0 Å². The summed E-state index contributed by atoms with van der Waals surface area (Å²) in [5.41, 5.74) is 7.19. The first-order valence-corrected chi connectivity index (χ1v) is 13.2. The highest BCUT2D eigenvalue weighted by Gasteiger charge is 2.17. The van der Waals surface area contributed by atoms with Gasteiger partial charge in [0.1, 0.15) is 5.75 Å². The van der Waals surface area contributed by atoms with E-state index in [1.54, 1.807) is 0 Å². The normalized spacial score (nSPS) is 11.4. The van der Waals surface area contributed by atoms with Crippen molar-refractivity contribution in [3.8, 4) is 22.6 Å². The number of hydrogen-bond donors (Lipinski definition) is 1. The van der Waals surface area contributed by atoms with Gasteiger partial charge in [-0.25, -0.2) is 0 Å². The molecule has 1 heterocycles. The van der Waals surface area contributed by atoms with Crippen molar-refractivity contribution in [1.29, 1.82) is 0 Å². The summed E-state index contributed by atoms with van der Waals surface area (Å²) in [6.07, 6.45) is 6.61. The minimum atomic E-state index is 0.302. The number of hydrogen-bond acceptors (Lipinski definition) is 2. The predicted octanol–water partition coefficient (Wildman–Crippen LogP) is 8.47. The van der Waals surface area contributed by atoms with E-state index in [-0.39, 0.29) is 0 Å². The van der Waals surface area contributed by atoms with Crippen molar-refractivity contribution in [3.05, 3.63) is 96.6 Å². The van der Waals surface area contributed by atoms with Crippen molar-refractivity contribution in [2.45, 2.75) is 45.4 Å². The highest BCUT2D eigenvalue weighted by atomic mass is 16.5. The van der Waals surface area contributed by atoms with E-state index in [2.05, 4.69) is 102 Å². The van der Waals surface area contributed by atoms with Crippen LogP contribution in [0.1, 0.15) is 44.1 Å². The third-order valence-corrected chi connectivity index (χ3v) is 6.98. The highest BCUT2D eigenvalue weighted by molar-refractivity contribution is 6.16. The predicted molar refractivity (Wildman–Crippen MR) is 151 cm³/mol. The van der Waals surface area contributed by atoms with Gasteiger partial charge < -0.3 is 14.4 Å². The van der Waals surface area contributed by atoms with E-state index in [0.29, 0.717) is 6.61 Å². The second kappa shape index (κ2) is 11.5. The Morgan fingerprint density at radius 1 is 0.639 bits per heavy atom. The van der Waals surface area contributed by atoms with Gasteiger partial charge in [0.05, 0.1) is 17.6 Å². The van der Waals surface area contributed by atoms with E-state index < -0.39 is 0 Å². The quantitative estimate of drug-likeness (QED) is 0.194. The van der Waals surface area contributed by atoms with Crippen molar-refractivity contribution in [2.75, 3.05) is 13.2 Å². The van der Waals surface area contributed by atoms with Gasteiger partial charge in [0.2, 0.25) is 0 Å². The van der Waals surface area contributed by atoms with Crippen LogP contribution in [0.15, 0.2) is 91.0 Å². The molecule has 0 aliphatic carbocycles. The van der Waals surface area contributed by atoms with Crippen LogP contribution in [0.25, 0.3) is 38.6 Å². The molecule has 5 aromatic rings. The lowest BCUT2D eigenvalue weighted by Gasteiger charge is -2.13. The maximum atomic E-state index is 8.93. The first kappa shape index (κ1) is 24.1. The van der Waals surface area contributed by atoms with Crippen LogP contribution in [0.3, 0.4) is 0 Å². The third kappa shape index (κ3) is 5.03. The van der Waals surface area contributed by atoms with Crippen LogP contribution >= 0.6 is 0 Å². The van der Waals surface area contributed by atoms with Gasteiger partial charge in [0.25, 0.3) is 0 Å². The van der Waals surface area contributed by atoms with Gasteiger partial charge in [0.15, 0.2) is 0 Å². The molecule has 0 saturated carbocycles. The number of aryl methyl sites for hydroxylation is 1. The molecule has 36 heavy (non-hydrogen) atoms.